The molecule has 0 aliphatic rings. The van der Waals surface area contributed by atoms with E-state index in [-0.39, 0.29) is 0 Å². The first kappa shape index (κ1) is 12.9. The molecule has 20 heavy (non-hydrogen) atoms. The monoisotopic (exact) mass is 328 g/mol. The highest BCUT2D eigenvalue weighted by Gasteiger charge is 2.06. The molecule has 0 radical (unpaired) electrons. The van der Waals surface area contributed by atoms with Crippen molar-refractivity contribution in [1.82, 2.24) is 4.98 Å². The van der Waals surface area contributed by atoms with E-state index in [1.54, 1.807) is 6.20 Å². The number of anilines is 1. The predicted octanol–water partition coefficient (Wildman–Crippen LogP) is 4.16. The molecule has 0 saturated heterocycles. The Hall–Kier alpha value is -2.07. The number of nitrogens with zero attached hydrogens (tertiary/aromatic N) is 1. The van der Waals surface area contributed by atoms with Crippen LogP contribution in [0.4, 0.5) is 5.69 Å². The summed E-state index contributed by atoms with van der Waals surface area (Å²) in [7, 11) is 0. The smallest absolute Gasteiger partial charge is 0.221 e. The first-order valence-electron chi connectivity index (χ1n) is 6.24. The van der Waals surface area contributed by atoms with Crippen LogP contribution in [0.25, 0.3) is 10.8 Å². The minimum atomic E-state index is 0.471. The summed E-state index contributed by atoms with van der Waals surface area (Å²) in [5.41, 5.74) is 7.48. The van der Waals surface area contributed by atoms with Gasteiger partial charge in [-0.15, -0.1) is 0 Å². The molecule has 100 valence electrons. The fourth-order valence-corrected chi connectivity index (χ4v) is 2.52. The van der Waals surface area contributed by atoms with Crippen LogP contribution in [0.2, 0.25) is 0 Å². The molecule has 0 aliphatic carbocycles. The molecule has 0 fully saturated rings. The van der Waals surface area contributed by atoms with E-state index in [9.17, 15) is 0 Å². The lowest BCUT2D eigenvalue weighted by Gasteiger charge is -2.09. The molecule has 0 atom stereocenters. The summed E-state index contributed by atoms with van der Waals surface area (Å²) in [6.07, 6.45) is 1.76. The summed E-state index contributed by atoms with van der Waals surface area (Å²) < 4.78 is 6.86. The average molecular weight is 329 g/mol. The third-order valence-electron chi connectivity index (χ3n) is 3.07. The van der Waals surface area contributed by atoms with Gasteiger partial charge < -0.3 is 10.5 Å². The SMILES string of the molecule is Nc1ccc(COc2nccc3c(Br)cccc23)cc1. The maximum atomic E-state index is 5.83. The summed E-state index contributed by atoms with van der Waals surface area (Å²) in [6.45, 7) is 0.471. The van der Waals surface area contributed by atoms with Crippen LogP contribution in [0.5, 0.6) is 5.88 Å². The Morgan fingerprint density at radius 1 is 1.00 bits per heavy atom. The normalized spacial score (nSPS) is 10.7. The average Bonchev–Trinajstić information content (AvgIpc) is 2.47. The summed E-state index contributed by atoms with van der Waals surface area (Å²) in [5, 5.41) is 2.09. The van der Waals surface area contributed by atoms with Gasteiger partial charge in [0.25, 0.3) is 0 Å². The number of hydrogen-bond acceptors (Lipinski definition) is 3. The lowest BCUT2D eigenvalue weighted by Crippen LogP contribution is -1.98. The highest BCUT2D eigenvalue weighted by atomic mass is 79.9. The molecule has 1 aromatic heterocycles. The topological polar surface area (TPSA) is 48.1 Å². The second-order valence-electron chi connectivity index (χ2n) is 4.48. The van der Waals surface area contributed by atoms with Crippen molar-refractivity contribution in [3.63, 3.8) is 0 Å². The van der Waals surface area contributed by atoms with E-state index in [0.717, 1.165) is 26.5 Å². The van der Waals surface area contributed by atoms with Gasteiger partial charge in [0.15, 0.2) is 0 Å². The Kier molecular flexibility index (Phi) is 3.56. The zero-order valence-corrected chi connectivity index (χ0v) is 12.3. The van der Waals surface area contributed by atoms with Crippen LogP contribution in [0.3, 0.4) is 0 Å². The van der Waals surface area contributed by atoms with E-state index in [1.807, 2.05) is 48.5 Å². The number of nitrogen functional groups attached to an aromatic ring is 1. The van der Waals surface area contributed by atoms with Crippen LogP contribution in [0.1, 0.15) is 5.56 Å². The number of pyridine rings is 1. The van der Waals surface area contributed by atoms with Gasteiger partial charge in [-0.2, -0.15) is 0 Å². The van der Waals surface area contributed by atoms with Gasteiger partial charge >= 0.3 is 0 Å². The van der Waals surface area contributed by atoms with Crippen molar-refractivity contribution >= 4 is 32.4 Å². The molecule has 0 unspecified atom stereocenters. The molecule has 3 rings (SSSR count). The van der Waals surface area contributed by atoms with Crippen LogP contribution in [0, 0.1) is 0 Å². The number of hydrogen-bond donors (Lipinski definition) is 1. The Morgan fingerprint density at radius 2 is 1.80 bits per heavy atom. The van der Waals surface area contributed by atoms with Gasteiger partial charge in [-0.05, 0) is 35.9 Å². The molecule has 0 bridgehead atoms. The third-order valence-corrected chi connectivity index (χ3v) is 3.76. The van der Waals surface area contributed by atoms with Crippen molar-refractivity contribution in [2.45, 2.75) is 6.61 Å². The van der Waals surface area contributed by atoms with E-state index in [1.165, 1.54) is 0 Å². The lowest BCUT2D eigenvalue weighted by molar-refractivity contribution is 0.298. The molecular weight excluding hydrogens is 316 g/mol. The number of benzene rings is 2. The molecule has 0 amide bonds. The van der Waals surface area contributed by atoms with E-state index < -0.39 is 0 Å². The van der Waals surface area contributed by atoms with E-state index in [4.69, 9.17) is 10.5 Å². The maximum Gasteiger partial charge on any atom is 0.221 e. The summed E-state index contributed by atoms with van der Waals surface area (Å²) in [6, 6.07) is 15.6. The van der Waals surface area contributed by atoms with Crippen molar-refractivity contribution in [2.24, 2.45) is 0 Å². The first-order valence-corrected chi connectivity index (χ1v) is 7.04. The van der Waals surface area contributed by atoms with Crippen molar-refractivity contribution in [3.05, 3.63) is 64.8 Å². The molecule has 1 heterocycles. The molecule has 4 heteroatoms. The number of aromatic nitrogens is 1. The second kappa shape index (κ2) is 5.51. The number of halogens is 1. The van der Waals surface area contributed by atoms with E-state index in [0.29, 0.717) is 12.5 Å². The van der Waals surface area contributed by atoms with Crippen LogP contribution in [-0.4, -0.2) is 4.98 Å². The molecule has 0 saturated carbocycles. The quantitative estimate of drug-likeness (QED) is 0.734. The summed E-state index contributed by atoms with van der Waals surface area (Å²) in [5.74, 6) is 0.639. The molecule has 0 spiro atoms. The standard InChI is InChI=1S/C16H13BrN2O/c17-15-3-1-2-14-13(15)8-9-19-16(14)20-10-11-4-6-12(18)7-5-11/h1-9H,10,18H2. The summed E-state index contributed by atoms with van der Waals surface area (Å²) >= 11 is 3.54. The second-order valence-corrected chi connectivity index (χ2v) is 5.34. The Balaban J connectivity index is 1.88. The Labute approximate surface area is 125 Å². The minimum Gasteiger partial charge on any atom is -0.472 e. The van der Waals surface area contributed by atoms with Crippen molar-refractivity contribution in [2.75, 3.05) is 5.73 Å². The largest absolute Gasteiger partial charge is 0.472 e. The Bertz CT molecular complexity index is 741. The van der Waals surface area contributed by atoms with Crippen molar-refractivity contribution < 1.29 is 4.74 Å². The molecule has 2 aromatic carbocycles. The number of ether oxygens (including phenoxy) is 1. The number of rotatable bonds is 3. The zero-order valence-electron chi connectivity index (χ0n) is 10.7. The van der Waals surface area contributed by atoms with Gasteiger partial charge in [0.2, 0.25) is 5.88 Å². The predicted molar refractivity (Wildman–Crippen MR) is 84.6 cm³/mol. The molecule has 0 aliphatic heterocycles. The highest BCUT2D eigenvalue weighted by molar-refractivity contribution is 9.10. The molecular formula is C16H13BrN2O. The Morgan fingerprint density at radius 3 is 2.60 bits per heavy atom. The highest BCUT2D eigenvalue weighted by Crippen LogP contribution is 2.29. The summed E-state index contributed by atoms with van der Waals surface area (Å²) in [4.78, 5) is 4.31. The maximum absolute atomic E-state index is 5.83. The van der Waals surface area contributed by atoms with Crippen LogP contribution < -0.4 is 10.5 Å². The van der Waals surface area contributed by atoms with Gasteiger partial charge in [-0.3, -0.25) is 0 Å². The first-order chi connectivity index (χ1) is 9.74. The minimum absolute atomic E-state index is 0.471. The fourth-order valence-electron chi connectivity index (χ4n) is 2.02. The van der Waals surface area contributed by atoms with E-state index in [2.05, 4.69) is 20.9 Å². The van der Waals surface area contributed by atoms with Gasteiger partial charge in [0.1, 0.15) is 6.61 Å². The third kappa shape index (κ3) is 2.60. The zero-order chi connectivity index (χ0) is 13.9. The van der Waals surface area contributed by atoms with Gasteiger partial charge in [-0.1, -0.05) is 34.1 Å². The number of nitrogens with two attached hydrogens (primary N) is 1. The molecule has 3 aromatic rings. The van der Waals surface area contributed by atoms with Gasteiger partial charge in [0, 0.05) is 27.1 Å². The van der Waals surface area contributed by atoms with Crippen LogP contribution in [-0.2, 0) is 6.61 Å². The molecule has 2 N–H and O–H groups in total. The van der Waals surface area contributed by atoms with E-state index >= 15 is 0 Å². The molecule has 3 nitrogen and oxygen atoms in total. The lowest BCUT2D eigenvalue weighted by atomic mass is 10.2. The van der Waals surface area contributed by atoms with Gasteiger partial charge in [-0.25, -0.2) is 4.98 Å². The number of fused-ring (bicyclic) bond motifs is 1. The van der Waals surface area contributed by atoms with Gasteiger partial charge in [0.05, 0.1) is 0 Å². The van der Waals surface area contributed by atoms with Crippen molar-refractivity contribution in [3.8, 4) is 5.88 Å². The van der Waals surface area contributed by atoms with Crippen LogP contribution in [0.15, 0.2) is 59.2 Å². The van der Waals surface area contributed by atoms with Crippen LogP contribution >= 0.6 is 15.9 Å². The fraction of sp³-hybridized carbons (Fsp3) is 0.0625. The van der Waals surface area contributed by atoms with Crippen molar-refractivity contribution in [1.29, 1.82) is 0 Å².